The van der Waals surface area contributed by atoms with Crippen molar-refractivity contribution >= 4 is 37.3 Å². The van der Waals surface area contributed by atoms with Gasteiger partial charge >= 0.3 is 25.5 Å². The van der Waals surface area contributed by atoms with E-state index < -0.39 is 31.8 Å². The molecule has 1 aromatic carbocycles. The third-order valence-electron chi connectivity index (χ3n) is 4.86. The molecular formula is C27H39O9PS. The van der Waals surface area contributed by atoms with E-state index in [9.17, 15) is 18.9 Å². The molecule has 0 aromatic heterocycles. The lowest BCUT2D eigenvalue weighted by Gasteiger charge is -2.21. The normalized spacial score (nSPS) is 12.7. The highest BCUT2D eigenvalue weighted by atomic mass is 32.2. The molecule has 0 aliphatic carbocycles. The first-order valence-electron chi connectivity index (χ1n) is 12.4. The van der Waals surface area contributed by atoms with Crippen molar-refractivity contribution in [3.8, 4) is 0 Å². The summed E-state index contributed by atoms with van der Waals surface area (Å²) in [6.45, 7) is 14.0. The Balaban J connectivity index is 2.83. The lowest BCUT2D eigenvalue weighted by Crippen LogP contribution is -2.27. The molecule has 2 unspecified atom stereocenters. The van der Waals surface area contributed by atoms with Gasteiger partial charge in [0, 0.05) is 16.4 Å². The molecule has 38 heavy (non-hydrogen) atoms. The maximum Gasteiger partial charge on any atom is 0.336 e. The fourth-order valence-electron chi connectivity index (χ4n) is 3.06. The van der Waals surface area contributed by atoms with Crippen LogP contribution in [-0.4, -0.2) is 55.9 Å². The largest absolute Gasteiger partial charge is 0.462 e. The van der Waals surface area contributed by atoms with Crippen molar-refractivity contribution in [2.45, 2.75) is 58.5 Å². The lowest BCUT2D eigenvalue weighted by molar-refractivity contribution is -0.188. The molecule has 0 saturated carbocycles. The first-order chi connectivity index (χ1) is 18.0. The molecule has 0 bridgehead atoms. The molecule has 1 rings (SSSR count). The van der Waals surface area contributed by atoms with Crippen LogP contribution in [0.2, 0.25) is 0 Å². The summed E-state index contributed by atoms with van der Waals surface area (Å²) < 4.78 is 39.1. The van der Waals surface area contributed by atoms with Gasteiger partial charge in [-0.3, -0.25) is 9.36 Å². The van der Waals surface area contributed by atoms with Crippen molar-refractivity contribution in [2.24, 2.45) is 0 Å². The summed E-state index contributed by atoms with van der Waals surface area (Å²) in [5.41, 5.74) is 1.27. The van der Waals surface area contributed by atoms with Crippen molar-refractivity contribution < 1.29 is 42.2 Å². The van der Waals surface area contributed by atoms with Crippen LogP contribution in [0, 0.1) is 0 Å². The van der Waals surface area contributed by atoms with E-state index in [1.165, 1.54) is 25.6 Å². The number of carbonyl (C=O) groups is 3. The van der Waals surface area contributed by atoms with Crippen LogP contribution in [0.15, 0.2) is 54.6 Å². The number of hydrogen-bond acceptors (Lipinski definition) is 10. The van der Waals surface area contributed by atoms with Crippen LogP contribution in [0.5, 0.6) is 0 Å². The van der Waals surface area contributed by atoms with Gasteiger partial charge in [-0.2, -0.15) is 11.8 Å². The Hall–Kier alpha value is -2.39. The summed E-state index contributed by atoms with van der Waals surface area (Å²) in [5.74, 6) is -1.32. The minimum Gasteiger partial charge on any atom is -0.462 e. The van der Waals surface area contributed by atoms with Gasteiger partial charge in [0.2, 0.25) is 0 Å². The summed E-state index contributed by atoms with van der Waals surface area (Å²) in [5, 5.41) is -0.263. The van der Waals surface area contributed by atoms with E-state index in [0.29, 0.717) is 25.4 Å². The van der Waals surface area contributed by atoms with Gasteiger partial charge in [-0.25, -0.2) is 9.59 Å². The van der Waals surface area contributed by atoms with E-state index in [4.69, 9.17) is 23.3 Å². The fourth-order valence-corrected chi connectivity index (χ4v) is 6.14. The van der Waals surface area contributed by atoms with Crippen molar-refractivity contribution in [2.75, 3.05) is 31.7 Å². The van der Waals surface area contributed by atoms with Crippen LogP contribution in [0.3, 0.4) is 0 Å². The van der Waals surface area contributed by atoms with Gasteiger partial charge in [0.05, 0.1) is 38.8 Å². The maximum atomic E-state index is 12.9. The highest BCUT2D eigenvalue weighted by Crippen LogP contribution is 2.49. The second-order valence-corrected chi connectivity index (χ2v) is 11.8. The van der Waals surface area contributed by atoms with E-state index in [0.717, 1.165) is 5.56 Å². The van der Waals surface area contributed by atoms with Gasteiger partial charge in [-0.1, -0.05) is 43.5 Å². The Morgan fingerprint density at radius 3 is 2.11 bits per heavy atom. The predicted octanol–water partition coefficient (Wildman–Crippen LogP) is 6.01. The van der Waals surface area contributed by atoms with Crippen LogP contribution < -0.4 is 0 Å². The van der Waals surface area contributed by atoms with E-state index in [1.807, 2.05) is 30.3 Å². The molecule has 9 nitrogen and oxygen atoms in total. The highest BCUT2D eigenvalue weighted by molar-refractivity contribution is 7.99. The molecule has 1 aromatic rings. The molecule has 0 aliphatic heterocycles. The predicted molar refractivity (Wildman–Crippen MR) is 148 cm³/mol. The maximum absolute atomic E-state index is 12.9. The van der Waals surface area contributed by atoms with Crippen LogP contribution in [0.25, 0.3) is 0 Å². The van der Waals surface area contributed by atoms with Crippen molar-refractivity contribution in [1.82, 2.24) is 0 Å². The smallest absolute Gasteiger partial charge is 0.336 e. The Labute approximate surface area is 229 Å². The molecule has 0 N–H and O–H groups in total. The number of esters is 3. The second kappa shape index (κ2) is 18.0. The topological polar surface area (TPSA) is 114 Å². The van der Waals surface area contributed by atoms with Crippen molar-refractivity contribution in [3.05, 3.63) is 60.2 Å². The molecule has 0 aliphatic rings. The molecule has 0 spiro atoms. The molecule has 0 fully saturated rings. The average Bonchev–Trinajstić information content (AvgIpc) is 2.86. The monoisotopic (exact) mass is 570 g/mol. The fraction of sp³-hybridized carbons (Fsp3) is 0.519. The Bertz CT molecular complexity index is 970. The summed E-state index contributed by atoms with van der Waals surface area (Å²) in [7, 11) is -3.15. The zero-order valence-corrected chi connectivity index (χ0v) is 24.4. The van der Waals surface area contributed by atoms with Gasteiger partial charge in [0.15, 0.2) is 0 Å². The van der Waals surface area contributed by atoms with Gasteiger partial charge < -0.3 is 23.3 Å². The van der Waals surface area contributed by atoms with E-state index in [1.54, 1.807) is 13.8 Å². The van der Waals surface area contributed by atoms with E-state index in [-0.39, 0.29) is 42.0 Å². The molecule has 0 amide bonds. The molecule has 0 saturated heterocycles. The molecule has 11 heteroatoms. The van der Waals surface area contributed by atoms with Gasteiger partial charge in [0.1, 0.15) is 0 Å². The van der Waals surface area contributed by atoms with E-state index in [2.05, 4.69) is 13.2 Å². The molecule has 2 atom stereocenters. The zero-order valence-electron chi connectivity index (χ0n) is 22.6. The number of benzene rings is 1. The van der Waals surface area contributed by atoms with Gasteiger partial charge in [-0.15, -0.1) is 0 Å². The second-order valence-electron chi connectivity index (χ2n) is 8.31. The standard InChI is InChI=1S/C27H39O9PS/c1-7-33-37(31,34-8-2)17-12-18-38-23(22-13-10-9-11-14-22)19-24(28)35-25(36-27(30)21(5)6)15-16-32-26(29)20(3)4/h9-11,13-14,23,25H,3,5,7-8,12,15-19H2,1-2,4,6H3. The Kier molecular flexibility index (Phi) is 15.9. The third kappa shape index (κ3) is 13.4. The summed E-state index contributed by atoms with van der Waals surface area (Å²) in [6.07, 6.45) is -0.468. The number of thioether (sulfide) groups is 1. The zero-order chi connectivity index (χ0) is 28.6. The Morgan fingerprint density at radius 2 is 1.55 bits per heavy atom. The van der Waals surface area contributed by atoms with Crippen LogP contribution in [0.4, 0.5) is 0 Å². The van der Waals surface area contributed by atoms with Crippen LogP contribution >= 0.6 is 19.4 Å². The minimum absolute atomic E-state index is 0.00403. The van der Waals surface area contributed by atoms with Crippen molar-refractivity contribution in [1.29, 1.82) is 0 Å². The molecule has 212 valence electrons. The number of hydrogen-bond donors (Lipinski definition) is 0. The quantitative estimate of drug-likeness (QED) is 0.0644. The van der Waals surface area contributed by atoms with Gasteiger partial charge in [0.25, 0.3) is 6.29 Å². The number of ether oxygens (including phenoxy) is 3. The molecule has 0 heterocycles. The summed E-state index contributed by atoms with van der Waals surface area (Å²) in [6, 6.07) is 9.45. The Morgan fingerprint density at radius 1 is 0.947 bits per heavy atom. The number of carbonyl (C=O) groups excluding carboxylic acids is 3. The summed E-state index contributed by atoms with van der Waals surface area (Å²) >= 11 is 1.52. The SMILES string of the molecule is C=C(C)C(=O)OCCC(OC(=O)CC(SCCCP(=O)(OCC)OCC)c1ccccc1)OC(=O)C(=C)C. The summed E-state index contributed by atoms with van der Waals surface area (Å²) in [4.78, 5) is 36.6. The first kappa shape index (κ1) is 33.6. The van der Waals surface area contributed by atoms with Gasteiger partial charge in [-0.05, 0) is 45.4 Å². The van der Waals surface area contributed by atoms with Crippen LogP contribution in [0.1, 0.15) is 57.8 Å². The number of rotatable bonds is 19. The molecule has 0 radical (unpaired) electrons. The minimum atomic E-state index is -3.15. The first-order valence-corrected chi connectivity index (χ1v) is 15.2. The third-order valence-corrected chi connectivity index (χ3v) is 8.39. The van der Waals surface area contributed by atoms with Crippen molar-refractivity contribution in [3.63, 3.8) is 0 Å². The molecular weight excluding hydrogens is 531 g/mol. The van der Waals surface area contributed by atoms with Crippen LogP contribution in [-0.2, 0) is 42.2 Å². The average molecular weight is 571 g/mol. The highest BCUT2D eigenvalue weighted by Gasteiger charge is 2.26. The van der Waals surface area contributed by atoms with E-state index >= 15 is 0 Å². The lowest BCUT2D eigenvalue weighted by atomic mass is 10.1.